The molecule has 0 saturated carbocycles. The van der Waals surface area contributed by atoms with Gasteiger partial charge in [-0.15, -0.1) is 11.8 Å². The topological polar surface area (TPSA) is 286 Å². The number of aliphatic imine (C=N–C) groups is 1. The lowest BCUT2D eigenvalue weighted by Crippen LogP contribution is -2.60. The lowest BCUT2D eigenvalue weighted by atomic mass is 9.99. The van der Waals surface area contributed by atoms with Crippen molar-refractivity contribution in [3.63, 3.8) is 0 Å². The highest BCUT2D eigenvalue weighted by molar-refractivity contribution is 8.14. The Bertz CT molecular complexity index is 1940. The number of fused-ring (bicyclic) bond motifs is 4. The van der Waals surface area contributed by atoms with Gasteiger partial charge in [0, 0.05) is 25.9 Å². The van der Waals surface area contributed by atoms with Crippen molar-refractivity contribution in [1.82, 2.24) is 41.3 Å². The average molecular weight is 962 g/mol. The zero-order valence-corrected chi connectivity index (χ0v) is 41.1. The fourth-order valence-electron chi connectivity index (χ4n) is 8.63. The molecular formula is C45H71N9O12S. The molecule has 374 valence electrons. The van der Waals surface area contributed by atoms with Crippen molar-refractivity contribution in [2.45, 2.75) is 161 Å². The number of ether oxygens (including phenoxy) is 1. The Kier molecular flexibility index (Phi) is 19.7. The summed E-state index contributed by atoms with van der Waals surface area (Å²) in [5.41, 5.74) is -0.0937. The van der Waals surface area contributed by atoms with E-state index in [9.17, 15) is 53.4 Å². The number of aliphatic hydroxyl groups is 2. The van der Waals surface area contributed by atoms with Gasteiger partial charge >= 0.3 is 5.97 Å². The van der Waals surface area contributed by atoms with Gasteiger partial charge in [0.15, 0.2) is 6.10 Å². The lowest BCUT2D eigenvalue weighted by Gasteiger charge is -2.34. The van der Waals surface area contributed by atoms with Crippen molar-refractivity contribution < 1.29 is 58.1 Å². The van der Waals surface area contributed by atoms with Crippen LogP contribution in [-0.4, -0.2) is 176 Å². The second-order valence-corrected chi connectivity index (χ2v) is 20.0. The van der Waals surface area contributed by atoms with Gasteiger partial charge in [0.05, 0.1) is 17.2 Å². The first kappa shape index (κ1) is 54.5. The van der Waals surface area contributed by atoms with Crippen molar-refractivity contribution in [3.8, 4) is 0 Å². The molecule has 1 unspecified atom stereocenters. The number of carbonyl (C=O) groups is 9. The van der Waals surface area contributed by atoms with Crippen LogP contribution in [0.4, 0.5) is 0 Å². The minimum Gasteiger partial charge on any atom is -0.461 e. The molecule has 10 atom stereocenters. The van der Waals surface area contributed by atoms with Gasteiger partial charge in [0.1, 0.15) is 54.6 Å². The molecule has 67 heavy (non-hydrogen) atoms. The number of nitrogens with one attached hydrogen (secondary N) is 5. The minimum atomic E-state index is -1.96. The highest BCUT2D eigenvalue weighted by atomic mass is 32.2. The zero-order valence-electron chi connectivity index (χ0n) is 40.3. The molecule has 0 aliphatic carbocycles. The Balaban J connectivity index is 1.68. The predicted molar refractivity (Wildman–Crippen MR) is 247 cm³/mol. The smallest absolute Gasteiger partial charge is 0.329 e. The van der Waals surface area contributed by atoms with Gasteiger partial charge in [-0.05, 0) is 77.0 Å². The van der Waals surface area contributed by atoms with Crippen LogP contribution >= 0.6 is 11.8 Å². The highest BCUT2D eigenvalue weighted by Crippen LogP contribution is 2.31. The molecule has 4 heterocycles. The van der Waals surface area contributed by atoms with Crippen LogP contribution in [0.5, 0.6) is 0 Å². The van der Waals surface area contributed by atoms with Gasteiger partial charge in [-0.25, -0.2) is 4.79 Å². The predicted octanol–water partition coefficient (Wildman–Crippen LogP) is -0.665. The van der Waals surface area contributed by atoms with Gasteiger partial charge < -0.3 is 56.2 Å². The van der Waals surface area contributed by atoms with Crippen LogP contribution in [0.15, 0.2) is 16.8 Å². The molecule has 0 aromatic rings. The zero-order chi connectivity index (χ0) is 50.0. The van der Waals surface area contributed by atoms with Crippen LogP contribution in [0.1, 0.15) is 101 Å². The molecule has 4 aliphatic heterocycles. The molecule has 7 N–H and O–H groups in total. The Labute approximate surface area is 396 Å². The SMILES string of the molecule is C/C=C1/NC(=O)[C@@H]2CSC(=N2)[C@H]2CCCN2C(=O)[C@@H](CC(C)C)NC(=O)[C@@H](CC(C)C)NC(=O)[C@H](C)NC(=O)[C@@H](O)COC(=O)[C@H](C(C)C)N(C)C(=O)[C@H](C(C)O)NC(=O)[C@H]2CCCN2C1=O. The molecule has 4 rings (SSSR count). The summed E-state index contributed by atoms with van der Waals surface area (Å²) in [4.78, 5) is 133. The molecule has 0 aromatic heterocycles. The fourth-order valence-corrected chi connectivity index (χ4v) is 9.83. The number of cyclic esters (lactones) is 1. The lowest BCUT2D eigenvalue weighted by molar-refractivity contribution is -0.161. The quantitative estimate of drug-likeness (QED) is 0.129. The summed E-state index contributed by atoms with van der Waals surface area (Å²) in [7, 11) is 1.27. The molecule has 2 fully saturated rings. The molecule has 4 aliphatic rings. The number of hydrogen-bond donors (Lipinski definition) is 7. The van der Waals surface area contributed by atoms with Gasteiger partial charge in [-0.1, -0.05) is 47.6 Å². The number of rotatable bonds is 6. The van der Waals surface area contributed by atoms with Crippen LogP contribution in [0.2, 0.25) is 0 Å². The maximum atomic E-state index is 14.4. The van der Waals surface area contributed by atoms with E-state index in [1.807, 2.05) is 27.7 Å². The fraction of sp³-hybridized carbons (Fsp3) is 0.733. The van der Waals surface area contributed by atoms with E-state index in [1.165, 1.54) is 43.6 Å². The first-order chi connectivity index (χ1) is 31.5. The molecule has 21 nitrogen and oxygen atoms in total. The van der Waals surface area contributed by atoms with Gasteiger partial charge in [0.2, 0.25) is 35.4 Å². The summed E-state index contributed by atoms with van der Waals surface area (Å²) < 4.78 is 5.29. The van der Waals surface area contributed by atoms with E-state index in [0.29, 0.717) is 30.9 Å². The second-order valence-electron chi connectivity index (χ2n) is 19.0. The van der Waals surface area contributed by atoms with Crippen molar-refractivity contribution in [2.75, 3.05) is 32.5 Å². The third-order valence-electron chi connectivity index (χ3n) is 12.2. The van der Waals surface area contributed by atoms with Crippen LogP contribution in [0.3, 0.4) is 0 Å². The maximum Gasteiger partial charge on any atom is 0.329 e. The average Bonchev–Trinajstić information content (AvgIpc) is 4.06. The van der Waals surface area contributed by atoms with E-state index in [4.69, 9.17) is 9.73 Å². The van der Waals surface area contributed by atoms with Gasteiger partial charge in [-0.3, -0.25) is 43.3 Å². The molecular weight excluding hydrogens is 891 g/mol. The number of thioether (sulfide) groups is 1. The van der Waals surface area contributed by atoms with Crippen molar-refractivity contribution in [2.24, 2.45) is 22.7 Å². The number of esters is 1. The van der Waals surface area contributed by atoms with Crippen molar-refractivity contribution >= 4 is 70.0 Å². The number of nitrogens with zero attached hydrogens (tertiary/aromatic N) is 4. The number of amides is 8. The Morgan fingerprint density at radius 1 is 0.761 bits per heavy atom. The summed E-state index contributed by atoms with van der Waals surface area (Å²) in [5, 5.41) is 35.2. The summed E-state index contributed by atoms with van der Waals surface area (Å²) in [6.07, 6.45) is 0.285. The summed E-state index contributed by atoms with van der Waals surface area (Å²) in [5.74, 6) is -7.13. The molecule has 0 spiro atoms. The number of carbonyl (C=O) groups excluding carboxylic acids is 9. The van der Waals surface area contributed by atoms with Gasteiger partial charge in [0.25, 0.3) is 11.8 Å². The van der Waals surface area contributed by atoms with E-state index in [2.05, 4.69) is 26.6 Å². The third kappa shape index (κ3) is 14.0. The molecule has 8 amide bonds. The van der Waals surface area contributed by atoms with Crippen LogP contribution in [0.25, 0.3) is 0 Å². The van der Waals surface area contributed by atoms with Crippen LogP contribution < -0.4 is 26.6 Å². The van der Waals surface area contributed by atoms with Gasteiger partial charge in [-0.2, -0.15) is 0 Å². The summed E-state index contributed by atoms with van der Waals surface area (Å²) in [6.45, 7) is 14.6. The normalized spacial score (nSPS) is 30.9. The number of likely N-dealkylation sites (N-methyl/N-ethyl adjacent to an activating group) is 1. The Morgan fingerprint density at radius 2 is 1.36 bits per heavy atom. The van der Waals surface area contributed by atoms with E-state index < -0.39 is 120 Å². The summed E-state index contributed by atoms with van der Waals surface area (Å²) >= 11 is 1.33. The van der Waals surface area contributed by atoms with Crippen LogP contribution in [0, 0.1) is 17.8 Å². The second kappa shape index (κ2) is 24.3. The Morgan fingerprint density at radius 3 is 1.96 bits per heavy atom. The molecule has 2 saturated heterocycles. The first-order valence-corrected chi connectivity index (χ1v) is 24.3. The van der Waals surface area contributed by atoms with Crippen LogP contribution in [-0.2, 0) is 47.9 Å². The third-order valence-corrected chi connectivity index (χ3v) is 13.3. The highest BCUT2D eigenvalue weighted by Gasteiger charge is 2.43. The van der Waals surface area contributed by atoms with E-state index >= 15 is 0 Å². The maximum absolute atomic E-state index is 14.4. The molecule has 0 aromatic carbocycles. The van der Waals surface area contributed by atoms with Crippen molar-refractivity contribution in [3.05, 3.63) is 11.8 Å². The molecule has 2 bridgehead atoms. The molecule has 22 heteroatoms. The van der Waals surface area contributed by atoms with E-state index in [0.717, 1.165) is 4.90 Å². The monoisotopic (exact) mass is 961 g/mol. The molecule has 0 radical (unpaired) electrons. The number of hydrogen-bond acceptors (Lipinski definition) is 14. The van der Waals surface area contributed by atoms with E-state index in [-0.39, 0.29) is 55.0 Å². The number of allylic oxidation sites excluding steroid dienone is 1. The summed E-state index contributed by atoms with van der Waals surface area (Å²) in [6, 6.07) is -8.74. The minimum absolute atomic E-state index is 0.0255. The van der Waals surface area contributed by atoms with Crippen molar-refractivity contribution in [1.29, 1.82) is 0 Å². The standard InChI is InChI=1S/C45H71N9O12S/c1-11-27-42(62)53-16-12-14-31(53)39(60)51-34(26(9)55)44(64)52(10)35(24(6)7)45(65)66-20-33(56)40(61)46-25(8)36(57)48-28(18-22(2)3)37(58)49-29(19-23(4)5)43(63)54-17-13-15-32(54)41-50-30(21-67-41)38(59)47-27/h11,22-26,28-35,55-56H,12-21H2,1-10H3,(H,46,61)(H,47,59)(H,48,57)(H,49,58)(H,51,60)/b27-11+/t25-,26?,28+,29+,30-,31+,32+,33-,34-,35-/m0/s1. The first-order valence-electron chi connectivity index (χ1n) is 23.3. The largest absolute Gasteiger partial charge is 0.461 e. The number of aliphatic hydroxyl groups excluding tert-OH is 2. The van der Waals surface area contributed by atoms with E-state index in [1.54, 1.807) is 25.7 Å². The Hall–Kier alpha value is -5.09.